The number of carbonyl (C=O) groups is 1. The summed E-state index contributed by atoms with van der Waals surface area (Å²) in [6, 6.07) is 4.05. The number of carbonyl (C=O) groups excluding carboxylic acids is 1. The molecule has 0 spiro atoms. The summed E-state index contributed by atoms with van der Waals surface area (Å²) < 4.78 is 31.2. The van der Waals surface area contributed by atoms with Crippen molar-refractivity contribution in [2.24, 2.45) is 5.92 Å². The van der Waals surface area contributed by atoms with Crippen LogP contribution in [-0.2, 0) is 14.8 Å². The van der Waals surface area contributed by atoms with Crippen molar-refractivity contribution in [2.75, 3.05) is 32.5 Å². The van der Waals surface area contributed by atoms with Gasteiger partial charge in [0.25, 0.3) is 0 Å². The minimum Gasteiger partial charge on any atom is -0.465 e. The van der Waals surface area contributed by atoms with Crippen molar-refractivity contribution in [2.45, 2.75) is 11.3 Å². The Morgan fingerprint density at radius 2 is 2.24 bits per heavy atom. The van der Waals surface area contributed by atoms with Gasteiger partial charge in [-0.25, -0.2) is 13.2 Å². The standard InChI is InChI=1S/C13H18N2O5S/c1-20-13(17)11-3-2-10(14)6-12(11)21(18,19)15-5-4-9(7-15)8-16/h2-3,6,9,16H,4-5,7-8,14H2,1H3. The van der Waals surface area contributed by atoms with Gasteiger partial charge in [-0.1, -0.05) is 0 Å². The molecule has 0 aromatic heterocycles. The molecule has 1 unspecified atom stereocenters. The zero-order valence-electron chi connectivity index (χ0n) is 11.7. The predicted octanol–water partition coefficient (Wildman–Crippen LogP) is 0.0583. The maximum atomic E-state index is 12.7. The third-order valence-electron chi connectivity index (χ3n) is 3.54. The molecule has 0 radical (unpaired) electrons. The zero-order chi connectivity index (χ0) is 15.6. The van der Waals surface area contributed by atoms with Gasteiger partial charge in [0.05, 0.1) is 17.6 Å². The van der Waals surface area contributed by atoms with Crippen LogP contribution < -0.4 is 5.73 Å². The summed E-state index contributed by atoms with van der Waals surface area (Å²) >= 11 is 0. The second-order valence-electron chi connectivity index (χ2n) is 4.95. The SMILES string of the molecule is COC(=O)c1ccc(N)cc1S(=O)(=O)N1CCC(CO)C1. The summed E-state index contributed by atoms with van der Waals surface area (Å²) in [6.07, 6.45) is 0.589. The lowest BCUT2D eigenvalue weighted by Gasteiger charge is -2.18. The van der Waals surface area contributed by atoms with Gasteiger partial charge < -0.3 is 15.6 Å². The lowest BCUT2D eigenvalue weighted by Crippen LogP contribution is -2.30. The lowest BCUT2D eigenvalue weighted by molar-refractivity contribution is 0.0596. The number of anilines is 1. The fraction of sp³-hybridized carbons (Fsp3) is 0.462. The molecule has 21 heavy (non-hydrogen) atoms. The van der Waals surface area contributed by atoms with Crippen molar-refractivity contribution in [3.63, 3.8) is 0 Å². The van der Waals surface area contributed by atoms with E-state index >= 15 is 0 Å². The van der Waals surface area contributed by atoms with Crippen molar-refractivity contribution in [3.8, 4) is 0 Å². The Bertz CT molecular complexity index is 644. The molecule has 7 nitrogen and oxygen atoms in total. The molecular formula is C13H18N2O5S. The number of nitrogens with two attached hydrogens (primary N) is 1. The maximum Gasteiger partial charge on any atom is 0.339 e. The fourth-order valence-electron chi connectivity index (χ4n) is 2.33. The molecule has 0 bridgehead atoms. The highest BCUT2D eigenvalue weighted by Gasteiger charge is 2.34. The van der Waals surface area contributed by atoms with Crippen LogP contribution in [0.4, 0.5) is 5.69 Å². The summed E-state index contributed by atoms with van der Waals surface area (Å²) in [5.41, 5.74) is 5.85. The quantitative estimate of drug-likeness (QED) is 0.600. The number of methoxy groups -OCH3 is 1. The number of hydrogen-bond donors (Lipinski definition) is 2. The van der Waals surface area contributed by atoms with E-state index in [2.05, 4.69) is 4.74 Å². The van der Waals surface area contributed by atoms with Crippen LogP contribution in [0.3, 0.4) is 0 Å². The van der Waals surface area contributed by atoms with Gasteiger partial charge in [0, 0.05) is 25.4 Å². The summed E-state index contributed by atoms with van der Waals surface area (Å²) in [6.45, 7) is 0.476. The van der Waals surface area contributed by atoms with Crippen LogP contribution >= 0.6 is 0 Å². The highest BCUT2D eigenvalue weighted by Crippen LogP contribution is 2.28. The van der Waals surface area contributed by atoms with E-state index in [9.17, 15) is 13.2 Å². The van der Waals surface area contributed by atoms with Gasteiger partial charge in [-0.15, -0.1) is 0 Å². The number of aliphatic hydroxyl groups is 1. The molecule has 1 fully saturated rings. The summed E-state index contributed by atoms with van der Waals surface area (Å²) in [7, 11) is -2.66. The smallest absolute Gasteiger partial charge is 0.339 e. The Kier molecular flexibility index (Phi) is 4.50. The second-order valence-corrected chi connectivity index (χ2v) is 6.85. The molecule has 0 saturated carbocycles. The van der Waals surface area contributed by atoms with Gasteiger partial charge in [0.2, 0.25) is 10.0 Å². The van der Waals surface area contributed by atoms with Crippen LogP contribution in [0.15, 0.2) is 23.1 Å². The van der Waals surface area contributed by atoms with Crippen molar-refractivity contribution in [3.05, 3.63) is 23.8 Å². The van der Waals surface area contributed by atoms with E-state index in [4.69, 9.17) is 10.8 Å². The van der Waals surface area contributed by atoms with Crippen molar-refractivity contribution < 1.29 is 23.1 Å². The normalized spacial score (nSPS) is 19.6. The Morgan fingerprint density at radius 3 is 2.81 bits per heavy atom. The molecule has 8 heteroatoms. The molecule has 1 saturated heterocycles. The summed E-state index contributed by atoms with van der Waals surface area (Å²) in [5, 5.41) is 9.13. The molecule has 1 atom stereocenters. The number of nitrogen functional groups attached to an aromatic ring is 1. The van der Waals surface area contributed by atoms with E-state index in [1.165, 1.54) is 29.6 Å². The number of nitrogens with zero attached hydrogens (tertiary/aromatic N) is 1. The second kappa shape index (κ2) is 6.00. The zero-order valence-corrected chi connectivity index (χ0v) is 12.5. The van der Waals surface area contributed by atoms with Crippen molar-refractivity contribution in [1.82, 2.24) is 4.31 Å². The minimum atomic E-state index is -3.85. The monoisotopic (exact) mass is 314 g/mol. The maximum absolute atomic E-state index is 12.7. The van der Waals surface area contributed by atoms with Crippen LogP contribution in [0.25, 0.3) is 0 Å². The molecule has 1 aromatic carbocycles. The average molecular weight is 314 g/mol. The number of hydrogen-bond acceptors (Lipinski definition) is 6. The van der Waals surface area contributed by atoms with Gasteiger partial charge in [0.1, 0.15) is 0 Å². The molecule has 0 aliphatic carbocycles. The van der Waals surface area contributed by atoms with Crippen LogP contribution in [0.2, 0.25) is 0 Å². The molecule has 3 N–H and O–H groups in total. The third kappa shape index (κ3) is 3.02. The molecular weight excluding hydrogens is 296 g/mol. The topological polar surface area (TPSA) is 110 Å². The lowest BCUT2D eigenvalue weighted by atomic mass is 10.1. The Balaban J connectivity index is 2.44. The number of sulfonamides is 1. The average Bonchev–Trinajstić information content (AvgIpc) is 2.96. The summed E-state index contributed by atoms with van der Waals surface area (Å²) in [4.78, 5) is 11.6. The summed E-state index contributed by atoms with van der Waals surface area (Å²) in [5.74, 6) is -0.811. The Labute approximate surface area is 123 Å². The van der Waals surface area contributed by atoms with Gasteiger partial charge in [-0.05, 0) is 30.5 Å². The Hall–Kier alpha value is -1.64. The van der Waals surface area contributed by atoms with Gasteiger partial charge in [-0.3, -0.25) is 0 Å². The number of rotatable bonds is 4. The van der Waals surface area contributed by atoms with Crippen LogP contribution in [0.5, 0.6) is 0 Å². The van der Waals surface area contributed by atoms with E-state index in [0.29, 0.717) is 13.0 Å². The van der Waals surface area contributed by atoms with Crippen LogP contribution in [-0.4, -0.2) is 50.6 Å². The first kappa shape index (κ1) is 15.7. The molecule has 116 valence electrons. The number of aliphatic hydroxyl groups excluding tert-OH is 1. The van der Waals surface area contributed by atoms with E-state index in [1.807, 2.05) is 0 Å². The van der Waals surface area contributed by atoms with E-state index < -0.39 is 16.0 Å². The Morgan fingerprint density at radius 1 is 1.52 bits per heavy atom. The molecule has 1 aliphatic heterocycles. The predicted molar refractivity (Wildman–Crippen MR) is 76.1 cm³/mol. The number of benzene rings is 1. The van der Waals surface area contributed by atoms with Crippen LogP contribution in [0, 0.1) is 5.92 Å². The number of ether oxygens (including phenoxy) is 1. The molecule has 1 aliphatic rings. The van der Waals surface area contributed by atoms with E-state index in [-0.39, 0.29) is 35.2 Å². The van der Waals surface area contributed by atoms with Gasteiger partial charge >= 0.3 is 5.97 Å². The first-order valence-electron chi connectivity index (χ1n) is 6.49. The van der Waals surface area contributed by atoms with Gasteiger partial charge in [0.15, 0.2) is 0 Å². The van der Waals surface area contributed by atoms with Crippen LogP contribution in [0.1, 0.15) is 16.8 Å². The van der Waals surface area contributed by atoms with Gasteiger partial charge in [-0.2, -0.15) is 4.31 Å². The third-order valence-corrected chi connectivity index (χ3v) is 5.44. The number of esters is 1. The first-order chi connectivity index (χ1) is 9.90. The van der Waals surface area contributed by atoms with Crippen molar-refractivity contribution in [1.29, 1.82) is 0 Å². The van der Waals surface area contributed by atoms with Crippen molar-refractivity contribution >= 4 is 21.7 Å². The first-order valence-corrected chi connectivity index (χ1v) is 7.93. The largest absolute Gasteiger partial charge is 0.465 e. The molecule has 2 rings (SSSR count). The highest BCUT2D eigenvalue weighted by atomic mass is 32.2. The molecule has 1 aromatic rings. The van der Waals surface area contributed by atoms with E-state index in [1.54, 1.807) is 0 Å². The highest BCUT2D eigenvalue weighted by molar-refractivity contribution is 7.89. The fourth-order valence-corrected chi connectivity index (χ4v) is 4.08. The molecule has 0 amide bonds. The van der Waals surface area contributed by atoms with E-state index in [0.717, 1.165) is 0 Å². The molecule has 1 heterocycles. The minimum absolute atomic E-state index is 0.0425.